The van der Waals surface area contributed by atoms with E-state index in [-0.39, 0.29) is 82.6 Å². The standard InChI is InChI=1S/C51H44N4O10/c1-51(2,29-3-15-35(16-4-29)64-37-19-21-39-41(27-37)49(62)54(47(39)60)33-11-7-31(8-12-33)52-43(56)23-24-44(52)57)30-5-17-36(18-6-30)65-38-20-22-40-42(28-38)50(63)55(48(40)61)34-13-9-32(10-14-34)53-45(58)25-26-46(53)59/h3-6,15-28,31-34H,7-14H2,1-2H3. The van der Waals surface area contributed by atoms with Crippen molar-refractivity contribution in [3.05, 3.63) is 143 Å². The SMILES string of the molecule is CC(C)(c1ccc(Oc2ccc3c(c2)C(=O)N(C2CCC(N4C(=O)C=CC4=O)CC2)C3=O)cc1)c1ccc(Oc2ccc3c(c2)C(=O)N(C2CCC(N4C(=O)C=CC4=O)CC2)C3=O)cc1. The average Bonchev–Trinajstić information content (AvgIpc) is 3.99. The van der Waals surface area contributed by atoms with E-state index in [9.17, 15) is 38.4 Å². The molecule has 65 heavy (non-hydrogen) atoms. The van der Waals surface area contributed by atoms with Crippen LogP contribution in [0.25, 0.3) is 0 Å². The Kier molecular flexibility index (Phi) is 10.2. The molecule has 2 fully saturated rings. The number of hydrogen-bond donors (Lipinski definition) is 0. The van der Waals surface area contributed by atoms with Crippen LogP contribution in [0.5, 0.6) is 23.0 Å². The van der Waals surface area contributed by atoms with Crippen molar-refractivity contribution in [3.63, 3.8) is 0 Å². The highest BCUT2D eigenvalue weighted by atomic mass is 16.5. The lowest BCUT2D eigenvalue weighted by molar-refractivity contribution is -0.142. The second-order valence-electron chi connectivity index (χ2n) is 17.9. The summed E-state index contributed by atoms with van der Waals surface area (Å²) >= 11 is 0. The lowest BCUT2D eigenvalue weighted by Crippen LogP contribution is -2.47. The maximum absolute atomic E-state index is 13.6. The molecule has 6 aliphatic rings. The highest BCUT2D eigenvalue weighted by molar-refractivity contribution is 6.22. The number of carbonyl (C=O) groups excluding carboxylic acids is 8. The van der Waals surface area contributed by atoms with Gasteiger partial charge in [0.2, 0.25) is 0 Å². The van der Waals surface area contributed by atoms with Crippen molar-refractivity contribution in [1.82, 2.24) is 19.6 Å². The van der Waals surface area contributed by atoms with Gasteiger partial charge in [0.1, 0.15) is 23.0 Å². The molecule has 2 saturated carbocycles. The topological polar surface area (TPSA) is 168 Å². The van der Waals surface area contributed by atoms with E-state index in [1.165, 1.54) is 43.9 Å². The van der Waals surface area contributed by atoms with Gasteiger partial charge in [0.15, 0.2) is 0 Å². The number of ether oxygens (including phenoxy) is 2. The smallest absolute Gasteiger partial charge is 0.261 e. The number of amides is 8. The van der Waals surface area contributed by atoms with Crippen LogP contribution in [0.3, 0.4) is 0 Å². The van der Waals surface area contributed by atoms with Crippen molar-refractivity contribution >= 4 is 47.3 Å². The van der Waals surface area contributed by atoms with Crippen LogP contribution in [-0.2, 0) is 24.6 Å². The van der Waals surface area contributed by atoms with Gasteiger partial charge in [-0.25, -0.2) is 0 Å². The van der Waals surface area contributed by atoms with Crippen molar-refractivity contribution in [3.8, 4) is 23.0 Å². The number of carbonyl (C=O) groups is 8. The zero-order chi connectivity index (χ0) is 45.3. The van der Waals surface area contributed by atoms with Crippen molar-refractivity contribution in [2.45, 2.75) is 94.8 Å². The maximum atomic E-state index is 13.6. The molecule has 2 aliphatic carbocycles. The first-order chi connectivity index (χ1) is 31.3. The Hall–Kier alpha value is -7.48. The van der Waals surface area contributed by atoms with E-state index >= 15 is 0 Å². The summed E-state index contributed by atoms with van der Waals surface area (Å²) in [6.07, 6.45) is 9.16. The minimum Gasteiger partial charge on any atom is -0.457 e. The van der Waals surface area contributed by atoms with Gasteiger partial charge in [0.25, 0.3) is 47.3 Å². The minimum absolute atomic E-state index is 0.247. The van der Waals surface area contributed by atoms with Gasteiger partial charge in [0.05, 0.1) is 22.3 Å². The van der Waals surface area contributed by atoms with Crippen molar-refractivity contribution < 1.29 is 47.8 Å². The second-order valence-corrected chi connectivity index (χ2v) is 17.9. The van der Waals surface area contributed by atoms with Crippen LogP contribution >= 0.6 is 0 Å². The number of benzene rings is 4. The fourth-order valence-corrected chi connectivity index (χ4v) is 10.3. The first-order valence-corrected chi connectivity index (χ1v) is 22.0. The normalized spacial score (nSPS) is 23.0. The summed E-state index contributed by atoms with van der Waals surface area (Å²) in [5.74, 6) is -0.817. The molecule has 4 aromatic rings. The van der Waals surface area contributed by atoms with Gasteiger partial charge in [-0.05, 0) is 123 Å². The predicted octanol–water partition coefficient (Wildman–Crippen LogP) is 7.26. The van der Waals surface area contributed by atoms with Crippen LogP contribution in [0, 0.1) is 0 Å². The van der Waals surface area contributed by atoms with Gasteiger partial charge in [-0.1, -0.05) is 38.1 Å². The third-order valence-corrected chi connectivity index (χ3v) is 13.9. The average molecular weight is 873 g/mol. The highest BCUT2D eigenvalue weighted by Gasteiger charge is 2.45. The molecule has 10 rings (SSSR count). The summed E-state index contributed by atoms with van der Waals surface area (Å²) in [4.78, 5) is 108. The van der Waals surface area contributed by atoms with Crippen molar-refractivity contribution in [2.24, 2.45) is 0 Å². The third-order valence-electron chi connectivity index (χ3n) is 13.9. The number of rotatable bonds is 10. The summed E-state index contributed by atoms with van der Waals surface area (Å²) in [7, 11) is 0. The molecule has 0 bridgehead atoms. The summed E-state index contributed by atoms with van der Waals surface area (Å²) in [5, 5.41) is 0. The Balaban J connectivity index is 0.746. The lowest BCUT2D eigenvalue weighted by atomic mass is 9.78. The summed E-state index contributed by atoms with van der Waals surface area (Å²) in [5.41, 5.74) is 2.81. The quantitative estimate of drug-likeness (QED) is 0.148. The Bertz CT molecular complexity index is 2570. The van der Waals surface area contributed by atoms with Crippen LogP contribution in [0.2, 0.25) is 0 Å². The number of imide groups is 4. The largest absolute Gasteiger partial charge is 0.457 e. The molecule has 8 amide bonds. The monoisotopic (exact) mass is 872 g/mol. The molecule has 0 spiro atoms. The van der Waals surface area contributed by atoms with Gasteiger partial charge in [-0.15, -0.1) is 0 Å². The molecule has 4 heterocycles. The molecule has 0 N–H and O–H groups in total. The van der Waals surface area contributed by atoms with E-state index < -0.39 is 5.41 Å². The Morgan fingerprint density at radius 2 is 0.646 bits per heavy atom. The zero-order valence-electron chi connectivity index (χ0n) is 35.7. The van der Waals surface area contributed by atoms with Crippen LogP contribution in [0.4, 0.5) is 0 Å². The third kappa shape index (κ3) is 7.22. The Morgan fingerprint density at radius 3 is 0.969 bits per heavy atom. The zero-order valence-corrected chi connectivity index (χ0v) is 35.7. The van der Waals surface area contributed by atoms with Crippen molar-refractivity contribution in [2.75, 3.05) is 0 Å². The molecule has 0 radical (unpaired) electrons. The van der Waals surface area contributed by atoms with Gasteiger partial charge in [-0.3, -0.25) is 58.0 Å². The Morgan fingerprint density at radius 1 is 0.369 bits per heavy atom. The van der Waals surface area contributed by atoms with E-state index in [4.69, 9.17) is 9.47 Å². The van der Waals surface area contributed by atoms with Crippen LogP contribution in [0.15, 0.2) is 109 Å². The minimum atomic E-state index is -0.421. The number of hydrogen-bond acceptors (Lipinski definition) is 10. The van der Waals surface area contributed by atoms with Gasteiger partial charge in [-0.2, -0.15) is 0 Å². The van der Waals surface area contributed by atoms with Crippen LogP contribution in [-0.4, -0.2) is 91.0 Å². The fraction of sp³-hybridized carbons (Fsp3) is 0.294. The van der Waals surface area contributed by atoms with Crippen LogP contribution in [0.1, 0.15) is 118 Å². The highest BCUT2D eigenvalue weighted by Crippen LogP contribution is 2.39. The molecule has 14 nitrogen and oxygen atoms in total. The summed E-state index contributed by atoms with van der Waals surface area (Å²) < 4.78 is 12.3. The maximum Gasteiger partial charge on any atom is 0.261 e. The summed E-state index contributed by atoms with van der Waals surface area (Å²) in [6, 6.07) is 24.0. The predicted molar refractivity (Wildman–Crippen MR) is 233 cm³/mol. The van der Waals surface area contributed by atoms with Gasteiger partial charge in [0, 0.05) is 53.9 Å². The van der Waals surface area contributed by atoms with E-state index in [1.54, 1.807) is 36.4 Å². The van der Waals surface area contributed by atoms with E-state index in [2.05, 4.69) is 13.8 Å². The molecule has 0 unspecified atom stereocenters. The molecule has 0 aromatic heterocycles. The Labute approximate surface area is 374 Å². The van der Waals surface area contributed by atoms with E-state index in [1.807, 2.05) is 48.5 Å². The van der Waals surface area contributed by atoms with Gasteiger partial charge < -0.3 is 9.47 Å². The van der Waals surface area contributed by atoms with Crippen molar-refractivity contribution in [1.29, 1.82) is 0 Å². The molecule has 4 aliphatic heterocycles. The molecule has 14 heteroatoms. The first-order valence-electron chi connectivity index (χ1n) is 22.0. The van der Waals surface area contributed by atoms with E-state index in [0.717, 1.165) is 11.1 Å². The first kappa shape index (κ1) is 41.5. The molecular formula is C51H44N4O10. The molecule has 4 aromatic carbocycles. The lowest BCUT2D eigenvalue weighted by Gasteiger charge is -2.36. The van der Waals surface area contributed by atoms with Gasteiger partial charge >= 0.3 is 0 Å². The molecule has 0 saturated heterocycles. The summed E-state index contributed by atoms with van der Waals surface area (Å²) in [6.45, 7) is 4.21. The molecule has 0 atom stereocenters. The van der Waals surface area contributed by atoms with Crippen LogP contribution < -0.4 is 9.47 Å². The van der Waals surface area contributed by atoms with E-state index in [0.29, 0.717) is 85.5 Å². The number of nitrogens with zero attached hydrogens (tertiary/aromatic N) is 4. The molecular weight excluding hydrogens is 829 g/mol. The second kappa shape index (κ2) is 15.9. The number of fused-ring (bicyclic) bond motifs is 2. The fourth-order valence-electron chi connectivity index (χ4n) is 10.3. The molecule has 328 valence electrons.